The van der Waals surface area contributed by atoms with Crippen molar-refractivity contribution in [1.82, 2.24) is 0 Å². The van der Waals surface area contributed by atoms with E-state index in [1.54, 1.807) is 0 Å². The Hall–Kier alpha value is -3.44. The fourth-order valence-electron chi connectivity index (χ4n) is 6.90. The maximum atomic E-state index is 12.8. The van der Waals surface area contributed by atoms with Crippen LogP contribution in [0.5, 0.6) is 0 Å². The monoisotopic (exact) mass is 887 g/mol. The first kappa shape index (κ1) is 60.6. The third-order valence-corrected chi connectivity index (χ3v) is 10.8. The van der Waals surface area contributed by atoms with Crippen LogP contribution in [-0.4, -0.2) is 37.9 Å². The lowest BCUT2D eigenvalue weighted by molar-refractivity contribution is -0.163. The lowest BCUT2D eigenvalue weighted by Gasteiger charge is -2.18. The molecule has 0 aliphatic rings. The van der Waals surface area contributed by atoms with Crippen LogP contribution in [0.1, 0.15) is 226 Å². The van der Waals surface area contributed by atoms with Crippen molar-refractivity contribution in [1.29, 1.82) is 0 Å². The van der Waals surface area contributed by atoms with Gasteiger partial charge in [-0.05, 0) is 122 Å². The third kappa shape index (κ3) is 51.2. The summed E-state index contributed by atoms with van der Waals surface area (Å²) in [5, 5.41) is 0. The number of hydrogen-bond donors (Lipinski definition) is 0. The Morgan fingerprint density at radius 2 is 0.703 bits per heavy atom. The predicted molar refractivity (Wildman–Crippen MR) is 279 cm³/mol. The molecule has 0 aliphatic heterocycles. The zero-order valence-electron chi connectivity index (χ0n) is 41.8. The summed E-state index contributed by atoms with van der Waals surface area (Å²) in [5.74, 6) is -0.450. The summed E-state index contributed by atoms with van der Waals surface area (Å²) < 4.78 is 17.4. The molecule has 364 valence electrons. The van der Waals surface area contributed by atoms with E-state index >= 15 is 0 Å². The number of hydrogen-bond acceptors (Lipinski definition) is 5. The lowest BCUT2D eigenvalue weighted by Crippen LogP contribution is -2.30. The van der Waals surface area contributed by atoms with Crippen molar-refractivity contribution < 1.29 is 23.8 Å². The molecule has 0 amide bonds. The molecule has 1 unspecified atom stereocenters. The fraction of sp³-hybridized carbons (Fsp3) is 0.661. The van der Waals surface area contributed by atoms with E-state index in [1.165, 1.54) is 64.2 Å². The van der Waals surface area contributed by atoms with Crippen LogP contribution in [0.3, 0.4) is 0 Å². The fourth-order valence-corrected chi connectivity index (χ4v) is 6.90. The number of ether oxygens (including phenoxy) is 3. The topological polar surface area (TPSA) is 61.8 Å². The average Bonchev–Trinajstić information content (AvgIpc) is 3.30. The van der Waals surface area contributed by atoms with Gasteiger partial charge in [0.1, 0.15) is 6.61 Å². The van der Waals surface area contributed by atoms with Gasteiger partial charge in [-0.3, -0.25) is 9.59 Å². The van der Waals surface area contributed by atoms with Gasteiger partial charge in [0.15, 0.2) is 6.10 Å². The van der Waals surface area contributed by atoms with Gasteiger partial charge in [-0.25, -0.2) is 0 Å². The number of carbonyl (C=O) groups excluding carboxylic acids is 2. The maximum absolute atomic E-state index is 12.8. The van der Waals surface area contributed by atoms with Gasteiger partial charge in [-0.2, -0.15) is 0 Å². The normalized spacial score (nSPS) is 13.1. The van der Waals surface area contributed by atoms with Crippen molar-refractivity contribution in [2.45, 2.75) is 232 Å². The van der Waals surface area contributed by atoms with Gasteiger partial charge >= 0.3 is 11.9 Å². The summed E-state index contributed by atoms with van der Waals surface area (Å²) in [5.41, 5.74) is 0. The number of rotatable bonds is 47. The summed E-state index contributed by atoms with van der Waals surface area (Å²) in [7, 11) is 0. The number of esters is 2. The van der Waals surface area contributed by atoms with E-state index in [0.29, 0.717) is 19.4 Å². The minimum Gasteiger partial charge on any atom is -0.462 e. The van der Waals surface area contributed by atoms with Gasteiger partial charge in [0.25, 0.3) is 0 Å². The van der Waals surface area contributed by atoms with Crippen LogP contribution in [0.2, 0.25) is 0 Å². The molecule has 64 heavy (non-hydrogen) atoms. The van der Waals surface area contributed by atoms with Crippen molar-refractivity contribution in [3.05, 3.63) is 109 Å². The van der Waals surface area contributed by atoms with Crippen LogP contribution in [0.4, 0.5) is 0 Å². The Bertz CT molecular complexity index is 1280. The molecule has 0 saturated heterocycles. The Balaban J connectivity index is 4.38. The molecule has 0 rings (SSSR count). The lowest BCUT2D eigenvalue weighted by atomic mass is 10.1. The molecule has 0 heterocycles. The van der Waals surface area contributed by atoms with Gasteiger partial charge in [0.2, 0.25) is 0 Å². The molecular weight excluding hydrogens is 789 g/mol. The van der Waals surface area contributed by atoms with Crippen molar-refractivity contribution in [2.75, 3.05) is 19.8 Å². The zero-order valence-corrected chi connectivity index (χ0v) is 41.8. The zero-order chi connectivity index (χ0) is 46.3. The first-order valence-corrected chi connectivity index (χ1v) is 26.4. The SMILES string of the molecule is CC/C=C\C/C=C\C/C=C\C/C=C\CCCCCCCOCC(COC(=O)CCCCCC/C=C\C/C=C\C/C=C\C/C=C\CC)OC(=O)CCCCCCC/C=C\CCCCCC. The molecule has 0 aromatic rings. The van der Waals surface area contributed by atoms with E-state index < -0.39 is 6.10 Å². The number of allylic oxidation sites excluding steroid dienone is 18. The molecule has 0 spiro atoms. The van der Waals surface area contributed by atoms with E-state index in [4.69, 9.17) is 14.2 Å². The molecule has 5 heteroatoms. The second-order valence-electron chi connectivity index (χ2n) is 17.0. The van der Waals surface area contributed by atoms with E-state index in [0.717, 1.165) is 128 Å². The molecule has 0 aliphatic carbocycles. The first-order valence-electron chi connectivity index (χ1n) is 26.4. The Kier molecular flexibility index (Phi) is 51.0. The third-order valence-electron chi connectivity index (χ3n) is 10.8. The second kappa shape index (κ2) is 53.9. The van der Waals surface area contributed by atoms with Crippen LogP contribution in [0, 0.1) is 0 Å². The van der Waals surface area contributed by atoms with Crippen LogP contribution < -0.4 is 0 Å². The quantitative estimate of drug-likeness (QED) is 0.0346. The van der Waals surface area contributed by atoms with Gasteiger partial charge in [-0.1, -0.05) is 201 Å². The number of carbonyl (C=O) groups is 2. The van der Waals surface area contributed by atoms with Crippen molar-refractivity contribution >= 4 is 11.9 Å². The molecule has 5 nitrogen and oxygen atoms in total. The molecule has 0 radical (unpaired) electrons. The summed E-state index contributed by atoms with van der Waals surface area (Å²) in [6, 6.07) is 0. The highest BCUT2D eigenvalue weighted by molar-refractivity contribution is 5.70. The van der Waals surface area contributed by atoms with Crippen LogP contribution >= 0.6 is 0 Å². The maximum Gasteiger partial charge on any atom is 0.306 e. The second-order valence-corrected chi connectivity index (χ2v) is 17.0. The minimum absolute atomic E-state index is 0.0554. The molecule has 0 saturated carbocycles. The summed E-state index contributed by atoms with van der Waals surface area (Å²) in [4.78, 5) is 25.4. The number of unbranched alkanes of at least 4 members (excludes halogenated alkanes) is 18. The first-order chi connectivity index (χ1) is 31.6. The van der Waals surface area contributed by atoms with E-state index in [-0.39, 0.29) is 25.2 Å². The predicted octanol–water partition coefficient (Wildman–Crippen LogP) is 18.0. The highest BCUT2D eigenvalue weighted by Crippen LogP contribution is 2.13. The molecular formula is C59H98O5. The van der Waals surface area contributed by atoms with Gasteiger partial charge in [0, 0.05) is 19.4 Å². The average molecular weight is 887 g/mol. The standard InChI is InChI=1S/C59H98O5/c1-4-7-10-13-16-19-22-25-27-29-31-33-36-39-42-45-48-51-54-62-55-57(64-59(61)53-50-47-44-41-38-34-24-21-18-15-12-9-6-3)56-63-58(60)52-49-46-43-40-37-35-32-30-28-26-23-20-17-14-11-8-5-2/h7-8,10-11,16-17,19-21,24-28,31-33,35,57H,4-6,9,12-15,18,22-23,29-30,34,36-56H2,1-3H3/b10-7-,11-8-,19-16-,20-17-,24-21-,27-25-,28-26-,33-31-,35-32-. The summed E-state index contributed by atoms with van der Waals surface area (Å²) in [6.45, 7) is 7.51. The highest BCUT2D eigenvalue weighted by Gasteiger charge is 2.17. The van der Waals surface area contributed by atoms with Crippen molar-refractivity contribution in [2.24, 2.45) is 0 Å². The summed E-state index contributed by atoms with van der Waals surface area (Å²) >= 11 is 0. The summed E-state index contributed by atoms with van der Waals surface area (Å²) in [6.07, 6.45) is 73.8. The molecule has 0 bridgehead atoms. The van der Waals surface area contributed by atoms with E-state index in [9.17, 15) is 9.59 Å². The highest BCUT2D eigenvalue weighted by atomic mass is 16.6. The van der Waals surface area contributed by atoms with Crippen molar-refractivity contribution in [3.8, 4) is 0 Å². The Morgan fingerprint density at radius 3 is 1.14 bits per heavy atom. The molecule has 0 N–H and O–H groups in total. The molecule has 0 aromatic heterocycles. The molecule has 0 fully saturated rings. The van der Waals surface area contributed by atoms with Gasteiger partial charge in [0.05, 0.1) is 6.61 Å². The van der Waals surface area contributed by atoms with Crippen LogP contribution in [0.25, 0.3) is 0 Å². The smallest absolute Gasteiger partial charge is 0.306 e. The van der Waals surface area contributed by atoms with Gasteiger partial charge in [-0.15, -0.1) is 0 Å². The van der Waals surface area contributed by atoms with Crippen molar-refractivity contribution in [3.63, 3.8) is 0 Å². The van der Waals surface area contributed by atoms with E-state index in [1.807, 2.05) is 0 Å². The molecule has 1 atom stereocenters. The Morgan fingerprint density at radius 1 is 0.359 bits per heavy atom. The Labute approximate surface area is 395 Å². The van der Waals surface area contributed by atoms with Crippen LogP contribution in [0.15, 0.2) is 109 Å². The largest absolute Gasteiger partial charge is 0.462 e. The van der Waals surface area contributed by atoms with Crippen LogP contribution in [-0.2, 0) is 23.8 Å². The van der Waals surface area contributed by atoms with Gasteiger partial charge < -0.3 is 14.2 Å². The molecule has 0 aromatic carbocycles. The van der Waals surface area contributed by atoms with E-state index in [2.05, 4.69) is 130 Å². The minimum atomic E-state index is -0.567.